The molecule has 0 bridgehead atoms. The summed E-state index contributed by atoms with van der Waals surface area (Å²) < 4.78 is 40.6. The molecular formula is C22H21F3N4O2. The SMILES string of the molecule is O=c1cc(N2CCN(c3cccc(C(F)(F)F)c3)CC2)n(Cc2ccccc2)c(=O)[nH]1. The second kappa shape index (κ2) is 8.33. The van der Waals surface area contributed by atoms with E-state index in [1.54, 1.807) is 6.07 Å². The minimum Gasteiger partial charge on any atom is -0.368 e. The average Bonchev–Trinajstić information content (AvgIpc) is 2.76. The molecule has 1 N–H and O–H groups in total. The highest BCUT2D eigenvalue weighted by molar-refractivity contribution is 5.51. The molecule has 0 amide bonds. The Morgan fingerprint density at radius 1 is 0.839 bits per heavy atom. The number of piperazine rings is 1. The lowest BCUT2D eigenvalue weighted by molar-refractivity contribution is -0.137. The maximum Gasteiger partial charge on any atom is 0.416 e. The van der Waals surface area contributed by atoms with E-state index in [1.165, 1.54) is 16.7 Å². The molecular weight excluding hydrogens is 409 g/mol. The van der Waals surface area contributed by atoms with E-state index in [4.69, 9.17) is 0 Å². The lowest BCUT2D eigenvalue weighted by Crippen LogP contribution is -2.49. The third-order valence-electron chi connectivity index (χ3n) is 5.34. The number of anilines is 2. The molecule has 2 aromatic carbocycles. The topological polar surface area (TPSA) is 61.3 Å². The monoisotopic (exact) mass is 430 g/mol. The largest absolute Gasteiger partial charge is 0.416 e. The summed E-state index contributed by atoms with van der Waals surface area (Å²) >= 11 is 0. The second-order valence-corrected chi connectivity index (χ2v) is 7.39. The van der Waals surface area contributed by atoms with Crippen molar-refractivity contribution in [2.75, 3.05) is 36.0 Å². The van der Waals surface area contributed by atoms with E-state index in [9.17, 15) is 22.8 Å². The van der Waals surface area contributed by atoms with Gasteiger partial charge in [-0.2, -0.15) is 13.2 Å². The number of benzene rings is 2. The van der Waals surface area contributed by atoms with Crippen LogP contribution in [-0.4, -0.2) is 35.7 Å². The molecule has 1 aromatic heterocycles. The summed E-state index contributed by atoms with van der Waals surface area (Å²) in [6.45, 7) is 2.17. The zero-order valence-corrected chi connectivity index (χ0v) is 16.6. The van der Waals surface area contributed by atoms with Crippen LogP contribution in [0.25, 0.3) is 0 Å². The Labute approximate surface area is 176 Å². The summed E-state index contributed by atoms with van der Waals surface area (Å²) in [7, 11) is 0. The number of aromatic nitrogens is 2. The van der Waals surface area contributed by atoms with Crippen molar-refractivity contribution in [3.63, 3.8) is 0 Å². The van der Waals surface area contributed by atoms with Crippen molar-refractivity contribution in [3.8, 4) is 0 Å². The smallest absolute Gasteiger partial charge is 0.368 e. The third kappa shape index (κ3) is 4.65. The molecule has 1 fully saturated rings. The van der Waals surface area contributed by atoms with Gasteiger partial charge in [-0.05, 0) is 23.8 Å². The van der Waals surface area contributed by atoms with Crippen LogP contribution in [0.3, 0.4) is 0 Å². The zero-order chi connectivity index (χ0) is 22.0. The van der Waals surface area contributed by atoms with Crippen LogP contribution in [0, 0.1) is 0 Å². The number of halogens is 3. The van der Waals surface area contributed by atoms with E-state index in [2.05, 4.69) is 4.98 Å². The summed E-state index contributed by atoms with van der Waals surface area (Å²) in [6, 6.07) is 16.1. The number of nitrogens with one attached hydrogen (secondary N) is 1. The number of hydrogen-bond acceptors (Lipinski definition) is 4. The minimum atomic E-state index is -4.39. The van der Waals surface area contributed by atoms with Crippen LogP contribution in [0.2, 0.25) is 0 Å². The summed E-state index contributed by atoms with van der Waals surface area (Å²) in [5.74, 6) is 0.501. The lowest BCUT2D eigenvalue weighted by atomic mass is 10.1. The van der Waals surface area contributed by atoms with Crippen LogP contribution in [0.4, 0.5) is 24.7 Å². The summed E-state index contributed by atoms with van der Waals surface area (Å²) in [5.41, 5.74) is -0.238. The third-order valence-corrected chi connectivity index (χ3v) is 5.34. The van der Waals surface area contributed by atoms with Crippen molar-refractivity contribution in [1.82, 2.24) is 9.55 Å². The first kappa shape index (κ1) is 20.8. The number of nitrogens with zero attached hydrogens (tertiary/aromatic N) is 3. The minimum absolute atomic E-state index is 0.305. The predicted molar refractivity (Wildman–Crippen MR) is 113 cm³/mol. The molecule has 4 rings (SSSR count). The van der Waals surface area contributed by atoms with Crippen molar-refractivity contribution in [2.24, 2.45) is 0 Å². The number of H-pyrrole nitrogens is 1. The molecule has 0 atom stereocenters. The fourth-order valence-electron chi connectivity index (χ4n) is 3.76. The molecule has 6 nitrogen and oxygen atoms in total. The van der Waals surface area contributed by atoms with Crippen LogP contribution in [-0.2, 0) is 12.7 Å². The van der Waals surface area contributed by atoms with Crippen molar-refractivity contribution >= 4 is 11.5 Å². The molecule has 0 saturated carbocycles. The van der Waals surface area contributed by atoms with E-state index in [-0.39, 0.29) is 0 Å². The maximum atomic E-state index is 13.0. The van der Waals surface area contributed by atoms with Crippen LogP contribution in [0.15, 0.2) is 70.3 Å². The molecule has 2 heterocycles. The highest BCUT2D eigenvalue weighted by Gasteiger charge is 2.31. The Balaban J connectivity index is 1.55. The van der Waals surface area contributed by atoms with Gasteiger partial charge in [-0.15, -0.1) is 0 Å². The fraction of sp³-hybridized carbons (Fsp3) is 0.273. The van der Waals surface area contributed by atoms with Crippen LogP contribution in [0.5, 0.6) is 0 Å². The van der Waals surface area contributed by atoms with Gasteiger partial charge in [0.1, 0.15) is 5.82 Å². The average molecular weight is 430 g/mol. The Morgan fingerprint density at radius 2 is 1.52 bits per heavy atom. The van der Waals surface area contributed by atoms with Gasteiger partial charge in [0.05, 0.1) is 12.1 Å². The fourth-order valence-corrected chi connectivity index (χ4v) is 3.76. The van der Waals surface area contributed by atoms with E-state index < -0.39 is 23.0 Å². The number of hydrogen-bond donors (Lipinski definition) is 1. The second-order valence-electron chi connectivity index (χ2n) is 7.39. The standard InChI is InChI=1S/C22H21F3N4O2/c23-22(24,25)17-7-4-8-18(13-17)27-9-11-28(12-10-27)20-14-19(30)26-21(31)29(20)15-16-5-2-1-3-6-16/h1-8,13-14H,9-12,15H2,(H,26,30,31). The molecule has 31 heavy (non-hydrogen) atoms. The highest BCUT2D eigenvalue weighted by atomic mass is 19.4. The summed E-state index contributed by atoms with van der Waals surface area (Å²) in [6.07, 6.45) is -4.39. The molecule has 0 unspecified atom stereocenters. The number of aromatic amines is 1. The van der Waals surface area contributed by atoms with Gasteiger partial charge in [-0.25, -0.2) is 4.79 Å². The van der Waals surface area contributed by atoms with Crippen LogP contribution >= 0.6 is 0 Å². The van der Waals surface area contributed by atoms with E-state index in [0.717, 1.165) is 17.7 Å². The quantitative estimate of drug-likeness (QED) is 0.692. The molecule has 0 spiro atoms. The first-order valence-electron chi connectivity index (χ1n) is 9.86. The van der Waals surface area contributed by atoms with E-state index in [1.807, 2.05) is 40.1 Å². The van der Waals surface area contributed by atoms with Gasteiger partial charge in [0, 0.05) is 37.9 Å². The molecule has 9 heteroatoms. The number of alkyl halides is 3. The number of rotatable bonds is 4. The highest BCUT2D eigenvalue weighted by Crippen LogP contribution is 2.32. The Hall–Kier alpha value is -3.49. The zero-order valence-electron chi connectivity index (χ0n) is 16.6. The maximum absolute atomic E-state index is 13.0. The van der Waals surface area contributed by atoms with Gasteiger partial charge >= 0.3 is 11.9 Å². The molecule has 3 aromatic rings. The van der Waals surface area contributed by atoms with Gasteiger partial charge in [0.2, 0.25) is 0 Å². The van der Waals surface area contributed by atoms with Crippen molar-refractivity contribution in [3.05, 3.63) is 92.6 Å². The van der Waals surface area contributed by atoms with Gasteiger partial charge in [0.25, 0.3) is 5.56 Å². The molecule has 0 aliphatic carbocycles. The molecule has 1 aliphatic heterocycles. The van der Waals surface area contributed by atoms with Crippen molar-refractivity contribution < 1.29 is 13.2 Å². The van der Waals surface area contributed by atoms with Crippen molar-refractivity contribution in [2.45, 2.75) is 12.7 Å². The first-order valence-corrected chi connectivity index (χ1v) is 9.86. The van der Waals surface area contributed by atoms with Crippen molar-refractivity contribution in [1.29, 1.82) is 0 Å². The molecule has 0 radical (unpaired) electrons. The predicted octanol–water partition coefficient (Wildman–Crippen LogP) is 2.93. The first-order chi connectivity index (χ1) is 14.8. The Morgan fingerprint density at radius 3 is 2.19 bits per heavy atom. The van der Waals surface area contributed by atoms with Gasteiger partial charge < -0.3 is 9.80 Å². The normalized spacial score (nSPS) is 14.7. The van der Waals surface area contributed by atoms with Gasteiger partial charge in [-0.1, -0.05) is 36.4 Å². The molecule has 1 saturated heterocycles. The van der Waals surface area contributed by atoms with Crippen LogP contribution < -0.4 is 21.0 Å². The van der Waals surface area contributed by atoms with E-state index in [0.29, 0.717) is 44.2 Å². The van der Waals surface area contributed by atoms with Crippen LogP contribution in [0.1, 0.15) is 11.1 Å². The van der Waals surface area contributed by atoms with E-state index >= 15 is 0 Å². The molecule has 1 aliphatic rings. The lowest BCUT2D eigenvalue weighted by Gasteiger charge is -2.38. The summed E-state index contributed by atoms with van der Waals surface area (Å²) in [4.78, 5) is 30.5. The van der Waals surface area contributed by atoms with Gasteiger partial charge in [-0.3, -0.25) is 14.3 Å². The van der Waals surface area contributed by atoms with Gasteiger partial charge in [0.15, 0.2) is 0 Å². The Kier molecular flexibility index (Phi) is 5.58. The molecule has 162 valence electrons. The Bertz CT molecular complexity index is 1160. The summed E-state index contributed by atoms with van der Waals surface area (Å²) in [5, 5.41) is 0.